The lowest BCUT2D eigenvalue weighted by Gasteiger charge is -2.30. The van der Waals surface area contributed by atoms with Gasteiger partial charge in [0.05, 0.1) is 11.1 Å². The lowest BCUT2D eigenvalue weighted by atomic mass is 9.94. The Morgan fingerprint density at radius 3 is 2.56 bits per heavy atom. The van der Waals surface area contributed by atoms with Gasteiger partial charge in [0, 0.05) is 10.4 Å². The highest BCUT2D eigenvalue weighted by Gasteiger charge is 2.28. The fraction of sp³-hybridized carbons (Fsp3) is 0.462. The topological polar surface area (TPSA) is 29.1 Å². The maximum Gasteiger partial charge on any atom is 0.253 e. The normalized spacial score (nSPS) is 11.4. The zero-order chi connectivity index (χ0) is 13.8. The molecule has 2 nitrogen and oxygen atoms in total. The quantitative estimate of drug-likeness (QED) is 0.805. The zero-order valence-electron chi connectivity index (χ0n) is 10.4. The Balaban J connectivity index is 2.97. The van der Waals surface area contributed by atoms with Crippen LogP contribution in [-0.2, 0) is 0 Å². The van der Waals surface area contributed by atoms with E-state index in [9.17, 15) is 9.18 Å². The number of hydrogen-bond acceptors (Lipinski definition) is 1. The Morgan fingerprint density at radius 2 is 2.06 bits per heavy atom. The van der Waals surface area contributed by atoms with Crippen LogP contribution in [0.4, 0.5) is 4.39 Å². The Kier molecular flexibility index (Phi) is 5.60. The molecular formula is C13H16BrClFNO. The summed E-state index contributed by atoms with van der Waals surface area (Å²) in [6.45, 7) is 3.93. The number of rotatable bonds is 5. The summed E-state index contributed by atoms with van der Waals surface area (Å²) in [4.78, 5) is 12.1. The van der Waals surface area contributed by atoms with Gasteiger partial charge in [0.1, 0.15) is 5.82 Å². The number of carbonyl (C=O) groups is 1. The van der Waals surface area contributed by atoms with E-state index in [1.165, 1.54) is 18.2 Å². The molecule has 1 N–H and O–H groups in total. The minimum atomic E-state index is -0.440. The number of alkyl halides is 1. The zero-order valence-corrected chi connectivity index (χ0v) is 12.7. The Hall–Kier alpha value is -0.610. The maximum atomic E-state index is 13.2. The molecule has 0 saturated heterocycles. The van der Waals surface area contributed by atoms with Crippen LogP contribution < -0.4 is 5.32 Å². The van der Waals surface area contributed by atoms with E-state index in [2.05, 4.69) is 21.2 Å². The van der Waals surface area contributed by atoms with Gasteiger partial charge in [-0.05, 0) is 47.0 Å². The van der Waals surface area contributed by atoms with Gasteiger partial charge >= 0.3 is 0 Å². The first-order valence-electron chi connectivity index (χ1n) is 5.81. The number of carbonyl (C=O) groups excluding carboxylic acids is 1. The van der Waals surface area contributed by atoms with Crippen molar-refractivity contribution in [2.75, 3.05) is 5.88 Å². The lowest BCUT2D eigenvalue weighted by molar-refractivity contribution is 0.0901. The first-order valence-corrected chi connectivity index (χ1v) is 7.14. The summed E-state index contributed by atoms with van der Waals surface area (Å²) in [6, 6.07) is 4.03. The van der Waals surface area contributed by atoms with Gasteiger partial charge in [-0.3, -0.25) is 4.79 Å². The van der Waals surface area contributed by atoms with Crippen molar-refractivity contribution in [2.24, 2.45) is 0 Å². The fourth-order valence-corrected chi connectivity index (χ4v) is 2.50. The number of amides is 1. The maximum absolute atomic E-state index is 13.2. The van der Waals surface area contributed by atoms with Gasteiger partial charge in [-0.2, -0.15) is 0 Å². The molecule has 0 bridgehead atoms. The third-order valence-electron chi connectivity index (χ3n) is 3.16. The van der Waals surface area contributed by atoms with E-state index in [1.54, 1.807) is 0 Å². The van der Waals surface area contributed by atoms with Crippen LogP contribution in [0.5, 0.6) is 0 Å². The molecule has 1 aromatic carbocycles. The summed E-state index contributed by atoms with van der Waals surface area (Å²) in [5.74, 6) is -0.419. The second-order valence-corrected chi connectivity index (χ2v) is 5.32. The molecule has 5 heteroatoms. The number of nitrogens with one attached hydrogen (secondary N) is 1. The van der Waals surface area contributed by atoms with E-state index in [0.717, 1.165) is 12.8 Å². The highest BCUT2D eigenvalue weighted by Crippen LogP contribution is 2.21. The van der Waals surface area contributed by atoms with Gasteiger partial charge in [0.15, 0.2) is 0 Å². The molecule has 0 spiro atoms. The predicted octanol–water partition coefficient (Wildman–Crippen LogP) is 4.12. The van der Waals surface area contributed by atoms with E-state index in [-0.39, 0.29) is 11.5 Å². The number of hydrogen-bond donors (Lipinski definition) is 1. The summed E-state index contributed by atoms with van der Waals surface area (Å²) < 4.78 is 13.7. The van der Waals surface area contributed by atoms with Crippen molar-refractivity contribution in [3.8, 4) is 0 Å². The highest BCUT2D eigenvalue weighted by molar-refractivity contribution is 9.10. The van der Waals surface area contributed by atoms with Crippen molar-refractivity contribution in [3.05, 3.63) is 34.1 Å². The van der Waals surface area contributed by atoms with Crippen LogP contribution >= 0.6 is 27.5 Å². The Labute approximate surface area is 120 Å². The predicted molar refractivity (Wildman–Crippen MR) is 75.6 cm³/mol. The van der Waals surface area contributed by atoms with Crippen LogP contribution in [0.3, 0.4) is 0 Å². The minimum Gasteiger partial charge on any atom is -0.345 e. The third kappa shape index (κ3) is 3.45. The molecule has 0 fully saturated rings. The molecule has 0 aliphatic carbocycles. The number of halogens is 3. The molecule has 0 saturated carbocycles. The second kappa shape index (κ2) is 6.53. The van der Waals surface area contributed by atoms with E-state index in [1.807, 2.05) is 13.8 Å². The SMILES string of the molecule is CCC(CC)(CCl)NC(=O)c1cc(F)ccc1Br. The van der Waals surface area contributed by atoms with Gasteiger partial charge in [0.25, 0.3) is 5.91 Å². The van der Waals surface area contributed by atoms with Crippen molar-refractivity contribution in [2.45, 2.75) is 32.2 Å². The van der Waals surface area contributed by atoms with Crippen LogP contribution in [0.2, 0.25) is 0 Å². The highest BCUT2D eigenvalue weighted by atomic mass is 79.9. The van der Waals surface area contributed by atoms with Crippen LogP contribution in [0.1, 0.15) is 37.0 Å². The summed E-state index contributed by atoms with van der Waals surface area (Å²) in [6.07, 6.45) is 1.46. The van der Waals surface area contributed by atoms with Crippen LogP contribution in [-0.4, -0.2) is 17.3 Å². The van der Waals surface area contributed by atoms with E-state index < -0.39 is 11.4 Å². The van der Waals surface area contributed by atoms with E-state index in [0.29, 0.717) is 10.4 Å². The molecule has 0 aliphatic rings. The largest absolute Gasteiger partial charge is 0.345 e. The molecule has 1 amide bonds. The standard InChI is InChI=1S/C13H16BrClFNO/c1-3-13(4-2,8-15)17-12(18)10-7-9(16)5-6-11(10)14/h5-7H,3-4,8H2,1-2H3,(H,17,18). The minimum absolute atomic E-state index is 0.284. The average Bonchev–Trinajstić information content (AvgIpc) is 2.38. The molecule has 0 unspecified atom stereocenters. The molecule has 1 rings (SSSR count). The second-order valence-electron chi connectivity index (χ2n) is 4.20. The molecule has 0 aromatic heterocycles. The Morgan fingerprint density at radius 1 is 1.44 bits per heavy atom. The van der Waals surface area contributed by atoms with Crippen LogP contribution in [0.25, 0.3) is 0 Å². The van der Waals surface area contributed by atoms with Crippen molar-refractivity contribution < 1.29 is 9.18 Å². The summed E-state index contributed by atoms with van der Waals surface area (Å²) in [5, 5.41) is 2.90. The van der Waals surface area contributed by atoms with Gasteiger partial charge in [-0.25, -0.2) is 4.39 Å². The van der Waals surface area contributed by atoms with E-state index >= 15 is 0 Å². The summed E-state index contributed by atoms with van der Waals surface area (Å²) in [7, 11) is 0. The molecular weight excluding hydrogens is 321 g/mol. The first-order chi connectivity index (χ1) is 8.48. The smallest absolute Gasteiger partial charge is 0.253 e. The third-order valence-corrected chi connectivity index (χ3v) is 4.36. The van der Waals surface area contributed by atoms with Crippen molar-refractivity contribution in [3.63, 3.8) is 0 Å². The van der Waals surface area contributed by atoms with Crippen molar-refractivity contribution >= 4 is 33.4 Å². The van der Waals surface area contributed by atoms with Gasteiger partial charge in [0.2, 0.25) is 0 Å². The van der Waals surface area contributed by atoms with Gasteiger partial charge in [-0.1, -0.05) is 13.8 Å². The first kappa shape index (κ1) is 15.4. The monoisotopic (exact) mass is 335 g/mol. The number of benzene rings is 1. The molecule has 100 valence electrons. The summed E-state index contributed by atoms with van der Waals surface area (Å²) in [5.41, 5.74) is -0.156. The Bertz CT molecular complexity index is 427. The molecule has 0 heterocycles. The average molecular weight is 337 g/mol. The molecule has 1 aromatic rings. The molecule has 0 atom stereocenters. The van der Waals surface area contributed by atoms with E-state index in [4.69, 9.17) is 11.6 Å². The molecule has 0 radical (unpaired) electrons. The fourth-order valence-electron chi connectivity index (χ4n) is 1.63. The van der Waals surface area contributed by atoms with Crippen LogP contribution in [0, 0.1) is 5.82 Å². The van der Waals surface area contributed by atoms with Gasteiger partial charge in [-0.15, -0.1) is 11.6 Å². The van der Waals surface area contributed by atoms with Crippen molar-refractivity contribution in [1.29, 1.82) is 0 Å². The summed E-state index contributed by atoms with van der Waals surface area (Å²) >= 11 is 9.17. The molecule has 18 heavy (non-hydrogen) atoms. The van der Waals surface area contributed by atoms with Crippen LogP contribution in [0.15, 0.2) is 22.7 Å². The molecule has 0 aliphatic heterocycles. The van der Waals surface area contributed by atoms with Gasteiger partial charge < -0.3 is 5.32 Å². The lowest BCUT2D eigenvalue weighted by Crippen LogP contribution is -2.49. The van der Waals surface area contributed by atoms with Crippen molar-refractivity contribution in [1.82, 2.24) is 5.32 Å².